The van der Waals surface area contributed by atoms with Gasteiger partial charge in [0, 0.05) is 0 Å². The van der Waals surface area contributed by atoms with Crippen molar-refractivity contribution in [3.63, 3.8) is 0 Å². The van der Waals surface area contributed by atoms with Crippen molar-refractivity contribution in [2.45, 2.75) is 19.1 Å². The lowest BCUT2D eigenvalue weighted by molar-refractivity contribution is -0.138. The lowest BCUT2D eigenvalue weighted by atomic mass is 10.1. The Kier molecular flexibility index (Phi) is 5.71. The molecule has 0 saturated heterocycles. The molecule has 1 atom stereocenters. The standard InChI is InChI=1S/C13H16F3N3O2/c1-8-2-4-9(5-3-8)11(17)12(21)18-6-10(20)19-7-13(14,15)16/h2-5,11H,6-7,17H2,1H3,(H,18,21)(H,19,20). The molecule has 8 heteroatoms. The van der Waals surface area contributed by atoms with Gasteiger partial charge in [-0.25, -0.2) is 0 Å². The maximum absolute atomic E-state index is 11.9. The third-order valence-corrected chi connectivity index (χ3v) is 2.63. The number of carbonyl (C=O) groups excluding carboxylic acids is 2. The molecule has 0 saturated carbocycles. The van der Waals surface area contributed by atoms with Gasteiger partial charge in [0.15, 0.2) is 0 Å². The van der Waals surface area contributed by atoms with E-state index in [2.05, 4.69) is 5.32 Å². The summed E-state index contributed by atoms with van der Waals surface area (Å²) in [6, 6.07) is 5.91. The maximum atomic E-state index is 11.9. The normalized spacial score (nSPS) is 12.6. The maximum Gasteiger partial charge on any atom is 0.405 e. The Morgan fingerprint density at radius 1 is 1.19 bits per heavy atom. The van der Waals surface area contributed by atoms with Crippen molar-refractivity contribution in [2.75, 3.05) is 13.1 Å². The van der Waals surface area contributed by atoms with Crippen molar-refractivity contribution >= 4 is 11.8 Å². The first-order valence-corrected chi connectivity index (χ1v) is 6.12. The molecule has 0 bridgehead atoms. The number of benzene rings is 1. The van der Waals surface area contributed by atoms with Crippen LogP contribution in [-0.2, 0) is 9.59 Å². The summed E-state index contributed by atoms with van der Waals surface area (Å²) >= 11 is 0. The average Bonchev–Trinajstić information content (AvgIpc) is 2.41. The minimum Gasteiger partial charge on any atom is -0.345 e. The molecule has 0 fully saturated rings. The van der Waals surface area contributed by atoms with Crippen LogP contribution in [0.25, 0.3) is 0 Å². The highest BCUT2D eigenvalue weighted by molar-refractivity contribution is 5.88. The molecule has 0 aromatic heterocycles. The van der Waals surface area contributed by atoms with Gasteiger partial charge < -0.3 is 16.4 Å². The van der Waals surface area contributed by atoms with Crippen molar-refractivity contribution in [1.29, 1.82) is 0 Å². The zero-order valence-corrected chi connectivity index (χ0v) is 11.3. The van der Waals surface area contributed by atoms with E-state index in [-0.39, 0.29) is 0 Å². The van der Waals surface area contributed by atoms with Crippen LogP contribution in [-0.4, -0.2) is 31.1 Å². The van der Waals surface area contributed by atoms with Crippen molar-refractivity contribution in [3.8, 4) is 0 Å². The van der Waals surface area contributed by atoms with Gasteiger partial charge in [0.05, 0.1) is 6.54 Å². The SMILES string of the molecule is Cc1ccc(C(N)C(=O)NCC(=O)NCC(F)(F)F)cc1. The molecule has 0 heterocycles. The quantitative estimate of drug-likeness (QED) is 0.752. The van der Waals surface area contributed by atoms with E-state index in [0.717, 1.165) is 5.56 Å². The van der Waals surface area contributed by atoms with Crippen LogP contribution in [0.5, 0.6) is 0 Å². The van der Waals surface area contributed by atoms with E-state index < -0.39 is 37.1 Å². The molecule has 0 aliphatic heterocycles. The second-order valence-corrected chi connectivity index (χ2v) is 4.50. The van der Waals surface area contributed by atoms with Crippen LogP contribution in [0.4, 0.5) is 13.2 Å². The van der Waals surface area contributed by atoms with Gasteiger partial charge in [0.25, 0.3) is 0 Å². The molecule has 4 N–H and O–H groups in total. The second-order valence-electron chi connectivity index (χ2n) is 4.50. The topological polar surface area (TPSA) is 84.2 Å². The minimum atomic E-state index is -4.49. The van der Waals surface area contributed by atoms with E-state index in [9.17, 15) is 22.8 Å². The minimum absolute atomic E-state index is 0.550. The fourth-order valence-electron chi connectivity index (χ4n) is 1.46. The van der Waals surface area contributed by atoms with Gasteiger partial charge in [-0.1, -0.05) is 29.8 Å². The Morgan fingerprint density at radius 3 is 2.29 bits per heavy atom. The highest BCUT2D eigenvalue weighted by Gasteiger charge is 2.27. The third kappa shape index (κ3) is 6.26. The fourth-order valence-corrected chi connectivity index (χ4v) is 1.46. The zero-order valence-electron chi connectivity index (χ0n) is 11.3. The van der Waals surface area contributed by atoms with Gasteiger partial charge in [0.2, 0.25) is 11.8 Å². The van der Waals surface area contributed by atoms with Crippen LogP contribution >= 0.6 is 0 Å². The van der Waals surface area contributed by atoms with Crippen molar-refractivity contribution in [3.05, 3.63) is 35.4 Å². The smallest absolute Gasteiger partial charge is 0.345 e. The van der Waals surface area contributed by atoms with Crippen LogP contribution in [0.3, 0.4) is 0 Å². The largest absolute Gasteiger partial charge is 0.405 e. The lowest BCUT2D eigenvalue weighted by Gasteiger charge is -2.13. The number of nitrogens with one attached hydrogen (secondary N) is 2. The predicted molar refractivity (Wildman–Crippen MR) is 70.2 cm³/mol. The summed E-state index contributed by atoms with van der Waals surface area (Å²) in [6.45, 7) is -0.124. The van der Waals surface area contributed by atoms with E-state index in [0.29, 0.717) is 5.56 Å². The third-order valence-electron chi connectivity index (χ3n) is 2.63. The van der Waals surface area contributed by atoms with Crippen LogP contribution in [0.2, 0.25) is 0 Å². The van der Waals surface area contributed by atoms with Gasteiger partial charge in [-0.15, -0.1) is 0 Å². The molecule has 0 radical (unpaired) electrons. The van der Waals surface area contributed by atoms with Crippen LogP contribution in [0.15, 0.2) is 24.3 Å². The van der Waals surface area contributed by atoms with Gasteiger partial charge in [0.1, 0.15) is 12.6 Å². The molecule has 5 nitrogen and oxygen atoms in total. The summed E-state index contributed by atoms with van der Waals surface area (Å²) < 4.78 is 35.6. The highest BCUT2D eigenvalue weighted by atomic mass is 19.4. The Labute approximate surface area is 119 Å². The van der Waals surface area contributed by atoms with Gasteiger partial charge >= 0.3 is 6.18 Å². The molecule has 2 amide bonds. The molecule has 0 spiro atoms. The molecular formula is C13H16F3N3O2. The molecule has 0 aliphatic carbocycles. The van der Waals surface area contributed by atoms with E-state index in [4.69, 9.17) is 5.73 Å². The monoisotopic (exact) mass is 303 g/mol. The number of carbonyl (C=O) groups is 2. The zero-order chi connectivity index (χ0) is 16.0. The number of amides is 2. The Bertz CT molecular complexity index is 500. The summed E-state index contributed by atoms with van der Waals surface area (Å²) in [7, 11) is 0. The van der Waals surface area contributed by atoms with E-state index in [1.54, 1.807) is 29.6 Å². The van der Waals surface area contributed by atoms with Crippen molar-refractivity contribution < 1.29 is 22.8 Å². The number of alkyl halides is 3. The second kappa shape index (κ2) is 7.07. The Balaban J connectivity index is 2.43. The summed E-state index contributed by atoms with van der Waals surface area (Å²) in [6.07, 6.45) is -4.49. The predicted octanol–water partition coefficient (Wildman–Crippen LogP) is 0.790. The van der Waals surface area contributed by atoms with Crippen LogP contribution in [0.1, 0.15) is 17.2 Å². The highest BCUT2D eigenvalue weighted by Crippen LogP contribution is 2.12. The Morgan fingerprint density at radius 2 is 1.76 bits per heavy atom. The summed E-state index contributed by atoms with van der Waals surface area (Å²) in [5.41, 5.74) is 7.24. The van der Waals surface area contributed by atoms with Gasteiger partial charge in [-0.2, -0.15) is 13.2 Å². The molecule has 0 aliphatic rings. The molecule has 1 aromatic rings. The van der Waals surface area contributed by atoms with E-state index >= 15 is 0 Å². The number of halogens is 3. The van der Waals surface area contributed by atoms with Gasteiger partial charge in [-0.05, 0) is 12.5 Å². The molecular weight excluding hydrogens is 287 g/mol. The van der Waals surface area contributed by atoms with Crippen LogP contribution in [0, 0.1) is 6.92 Å². The van der Waals surface area contributed by atoms with E-state index in [1.165, 1.54) is 0 Å². The van der Waals surface area contributed by atoms with E-state index in [1.807, 2.05) is 6.92 Å². The number of rotatable bonds is 5. The average molecular weight is 303 g/mol. The summed E-state index contributed by atoms with van der Waals surface area (Å²) in [4.78, 5) is 22.8. The van der Waals surface area contributed by atoms with Gasteiger partial charge in [-0.3, -0.25) is 9.59 Å². The van der Waals surface area contributed by atoms with Crippen molar-refractivity contribution in [2.24, 2.45) is 5.73 Å². The first-order chi connectivity index (χ1) is 9.69. The fraction of sp³-hybridized carbons (Fsp3) is 0.385. The van der Waals surface area contributed by atoms with Crippen LogP contribution < -0.4 is 16.4 Å². The number of aryl methyl sites for hydroxylation is 1. The summed E-state index contributed by atoms with van der Waals surface area (Å²) in [5.74, 6) is -1.57. The molecule has 21 heavy (non-hydrogen) atoms. The molecule has 1 aromatic carbocycles. The number of hydrogen-bond donors (Lipinski definition) is 3. The molecule has 116 valence electrons. The van der Waals surface area contributed by atoms with Crippen molar-refractivity contribution in [1.82, 2.24) is 10.6 Å². The molecule has 1 rings (SSSR count). The first kappa shape index (κ1) is 17.0. The molecule has 1 unspecified atom stereocenters. The first-order valence-electron chi connectivity index (χ1n) is 6.12. The number of hydrogen-bond acceptors (Lipinski definition) is 3. The number of nitrogens with two attached hydrogens (primary N) is 1. The Hall–Kier alpha value is -2.09. The lowest BCUT2D eigenvalue weighted by Crippen LogP contribution is -2.43. The summed E-state index contributed by atoms with van der Waals surface area (Å²) in [5, 5.41) is 3.83.